The van der Waals surface area contributed by atoms with Crippen LogP contribution < -0.4 is 5.32 Å². The van der Waals surface area contributed by atoms with Gasteiger partial charge in [0.2, 0.25) is 5.91 Å². The molecule has 27 heavy (non-hydrogen) atoms. The van der Waals surface area contributed by atoms with E-state index in [0.717, 1.165) is 0 Å². The van der Waals surface area contributed by atoms with Crippen molar-refractivity contribution >= 4 is 11.9 Å². The van der Waals surface area contributed by atoms with Gasteiger partial charge < -0.3 is 14.5 Å². The van der Waals surface area contributed by atoms with Crippen LogP contribution in [0, 0.1) is 12.8 Å². The molecule has 1 aromatic heterocycles. The Kier molecular flexibility index (Phi) is 6.91. The Morgan fingerprint density at radius 2 is 2.07 bits per heavy atom. The van der Waals surface area contributed by atoms with Crippen molar-refractivity contribution < 1.29 is 31.9 Å². The monoisotopic (exact) mass is 390 g/mol. The zero-order chi connectivity index (χ0) is 20.2. The molecule has 152 valence electrons. The smallest absolute Gasteiger partial charge is 0.391 e. The lowest BCUT2D eigenvalue weighted by Gasteiger charge is -2.31. The number of nitrogens with zero attached hydrogens (tertiary/aromatic N) is 1. The molecular formula is C18H25F3N2O4. The van der Waals surface area contributed by atoms with E-state index >= 15 is 0 Å². The zero-order valence-electron chi connectivity index (χ0n) is 15.7. The Morgan fingerprint density at radius 3 is 2.70 bits per heavy atom. The van der Waals surface area contributed by atoms with Crippen LogP contribution in [0.1, 0.15) is 47.6 Å². The summed E-state index contributed by atoms with van der Waals surface area (Å²) in [6.07, 6.45) is -3.15. The van der Waals surface area contributed by atoms with Crippen molar-refractivity contribution in [3.8, 4) is 0 Å². The number of nitrogens with one attached hydrogen (secondary N) is 1. The molecule has 0 aromatic carbocycles. The third-order valence-corrected chi connectivity index (χ3v) is 4.72. The highest BCUT2D eigenvalue weighted by Crippen LogP contribution is 2.37. The van der Waals surface area contributed by atoms with Crippen LogP contribution in [0.3, 0.4) is 0 Å². The van der Waals surface area contributed by atoms with E-state index in [1.54, 1.807) is 24.9 Å². The molecule has 6 nitrogen and oxygen atoms in total. The van der Waals surface area contributed by atoms with E-state index in [2.05, 4.69) is 10.1 Å². The maximum atomic E-state index is 12.9. The highest BCUT2D eigenvalue weighted by Gasteiger charge is 2.42. The number of esters is 1. The van der Waals surface area contributed by atoms with E-state index in [1.165, 1.54) is 7.11 Å². The third kappa shape index (κ3) is 5.98. The summed E-state index contributed by atoms with van der Waals surface area (Å²) in [5.41, 5.74) is 0.325. The SMILES string of the molecule is COC(=O)c1cc(CN(C)CC(=O)NC2CCCC(C(F)(F)F)C2)oc1C. The zero-order valence-corrected chi connectivity index (χ0v) is 15.7. The number of rotatable bonds is 6. The molecule has 0 saturated heterocycles. The second kappa shape index (κ2) is 8.77. The molecular weight excluding hydrogens is 365 g/mol. The summed E-state index contributed by atoms with van der Waals surface area (Å²) in [6.45, 7) is 1.93. The van der Waals surface area contributed by atoms with E-state index in [4.69, 9.17) is 4.42 Å². The standard InChI is InChI=1S/C18H25F3N2O4/c1-11-15(17(25)26-3)8-14(27-11)9-23(2)10-16(24)22-13-6-4-5-12(7-13)18(19,20)21/h8,12-13H,4-7,9-10H2,1-3H3,(H,22,24). The van der Waals surface area contributed by atoms with Crippen LogP contribution in [0.15, 0.2) is 10.5 Å². The summed E-state index contributed by atoms with van der Waals surface area (Å²) < 4.78 is 48.7. The maximum absolute atomic E-state index is 12.9. The molecule has 2 unspecified atom stereocenters. The van der Waals surface area contributed by atoms with Crippen molar-refractivity contribution in [2.24, 2.45) is 5.92 Å². The van der Waals surface area contributed by atoms with Crippen LogP contribution in [0.25, 0.3) is 0 Å². The molecule has 9 heteroatoms. The molecule has 1 N–H and O–H groups in total. The first-order valence-electron chi connectivity index (χ1n) is 8.82. The summed E-state index contributed by atoms with van der Waals surface area (Å²) in [5.74, 6) is -1.26. The predicted molar refractivity (Wildman–Crippen MR) is 91.1 cm³/mol. The van der Waals surface area contributed by atoms with Crippen LogP contribution in [0.4, 0.5) is 13.2 Å². The summed E-state index contributed by atoms with van der Waals surface area (Å²) in [7, 11) is 2.97. The number of likely N-dealkylation sites (N-methyl/N-ethyl adjacent to an activating group) is 1. The van der Waals surface area contributed by atoms with Crippen molar-refractivity contribution in [1.82, 2.24) is 10.2 Å². The fourth-order valence-corrected chi connectivity index (χ4v) is 3.39. The number of halogens is 3. The van der Waals surface area contributed by atoms with Crippen molar-refractivity contribution in [1.29, 1.82) is 0 Å². The highest BCUT2D eigenvalue weighted by molar-refractivity contribution is 5.90. The lowest BCUT2D eigenvalue weighted by Crippen LogP contribution is -2.44. The number of carbonyl (C=O) groups is 2. The van der Waals surface area contributed by atoms with E-state index in [0.29, 0.717) is 29.9 Å². The quantitative estimate of drug-likeness (QED) is 0.756. The van der Waals surface area contributed by atoms with Gasteiger partial charge in [-0.25, -0.2) is 4.79 Å². The van der Waals surface area contributed by atoms with Gasteiger partial charge in [-0.1, -0.05) is 6.42 Å². The predicted octanol–water partition coefficient (Wildman–Crippen LogP) is 3.04. The van der Waals surface area contributed by atoms with Gasteiger partial charge in [0.1, 0.15) is 17.1 Å². The Bertz CT molecular complexity index is 672. The van der Waals surface area contributed by atoms with Gasteiger partial charge in [-0.15, -0.1) is 0 Å². The molecule has 0 radical (unpaired) electrons. The summed E-state index contributed by atoms with van der Waals surface area (Å²) in [5, 5.41) is 2.70. The number of alkyl halides is 3. The minimum atomic E-state index is -4.21. The minimum absolute atomic E-state index is 0.0144. The second-order valence-corrected chi connectivity index (χ2v) is 7.02. The average molecular weight is 390 g/mol. The Balaban J connectivity index is 1.84. The van der Waals surface area contributed by atoms with Crippen molar-refractivity contribution in [3.63, 3.8) is 0 Å². The Hall–Kier alpha value is -2.03. The Morgan fingerprint density at radius 1 is 1.37 bits per heavy atom. The van der Waals surface area contributed by atoms with Gasteiger partial charge in [0.25, 0.3) is 0 Å². The van der Waals surface area contributed by atoms with Gasteiger partial charge in [-0.05, 0) is 39.3 Å². The first kappa shape index (κ1) is 21.3. The molecule has 1 saturated carbocycles. The number of hydrogen-bond donors (Lipinski definition) is 1. The molecule has 1 heterocycles. The number of hydrogen-bond acceptors (Lipinski definition) is 5. The molecule has 1 amide bonds. The van der Waals surface area contributed by atoms with Gasteiger partial charge >= 0.3 is 12.1 Å². The van der Waals surface area contributed by atoms with E-state index in [-0.39, 0.29) is 31.8 Å². The van der Waals surface area contributed by atoms with Gasteiger partial charge in [0.15, 0.2) is 0 Å². The number of furan rings is 1. The number of ether oxygens (including phenoxy) is 1. The third-order valence-electron chi connectivity index (χ3n) is 4.72. The average Bonchev–Trinajstić information content (AvgIpc) is 2.93. The summed E-state index contributed by atoms with van der Waals surface area (Å²) in [6, 6.07) is 1.10. The lowest BCUT2D eigenvalue weighted by atomic mass is 9.85. The second-order valence-electron chi connectivity index (χ2n) is 7.02. The van der Waals surface area contributed by atoms with Crippen LogP contribution in [-0.4, -0.2) is 49.7 Å². The van der Waals surface area contributed by atoms with Crippen LogP contribution >= 0.6 is 0 Å². The summed E-state index contributed by atoms with van der Waals surface area (Å²) >= 11 is 0. The molecule has 0 spiro atoms. The molecule has 2 rings (SSSR count). The van der Waals surface area contributed by atoms with Gasteiger partial charge in [-0.2, -0.15) is 13.2 Å². The number of carbonyl (C=O) groups excluding carboxylic acids is 2. The molecule has 1 fully saturated rings. The van der Waals surface area contributed by atoms with Gasteiger partial charge in [0.05, 0.1) is 26.1 Å². The van der Waals surface area contributed by atoms with E-state index in [9.17, 15) is 22.8 Å². The van der Waals surface area contributed by atoms with Crippen LogP contribution in [-0.2, 0) is 16.1 Å². The molecule has 0 bridgehead atoms. The van der Waals surface area contributed by atoms with E-state index in [1.807, 2.05) is 0 Å². The van der Waals surface area contributed by atoms with Gasteiger partial charge in [-0.3, -0.25) is 9.69 Å². The highest BCUT2D eigenvalue weighted by atomic mass is 19.4. The number of methoxy groups -OCH3 is 1. The van der Waals surface area contributed by atoms with Gasteiger partial charge in [0, 0.05) is 6.04 Å². The first-order chi connectivity index (χ1) is 12.6. The van der Waals surface area contributed by atoms with Crippen LogP contribution in [0.2, 0.25) is 0 Å². The fourth-order valence-electron chi connectivity index (χ4n) is 3.39. The molecule has 1 aliphatic carbocycles. The fraction of sp³-hybridized carbons (Fsp3) is 0.667. The topological polar surface area (TPSA) is 71.8 Å². The molecule has 2 atom stereocenters. The van der Waals surface area contributed by atoms with Crippen molar-refractivity contribution in [2.45, 2.75) is 51.4 Å². The van der Waals surface area contributed by atoms with Crippen LogP contribution in [0.5, 0.6) is 0 Å². The normalized spacial score (nSPS) is 20.6. The molecule has 1 aromatic rings. The molecule has 0 aliphatic heterocycles. The lowest BCUT2D eigenvalue weighted by molar-refractivity contribution is -0.184. The first-order valence-corrected chi connectivity index (χ1v) is 8.82. The number of aryl methyl sites for hydroxylation is 1. The van der Waals surface area contributed by atoms with Crippen molar-refractivity contribution in [3.05, 3.63) is 23.2 Å². The molecule has 1 aliphatic rings. The minimum Gasteiger partial charge on any atom is -0.465 e. The summed E-state index contributed by atoms with van der Waals surface area (Å²) in [4.78, 5) is 25.4. The largest absolute Gasteiger partial charge is 0.465 e. The number of amides is 1. The van der Waals surface area contributed by atoms with Crippen molar-refractivity contribution in [2.75, 3.05) is 20.7 Å². The maximum Gasteiger partial charge on any atom is 0.391 e. The Labute approximate surface area is 156 Å². The van der Waals surface area contributed by atoms with E-state index < -0.39 is 24.1 Å².